The average molecular weight is 446 g/mol. The highest BCUT2D eigenvalue weighted by molar-refractivity contribution is 7.21. The number of hydrogen-bond acceptors (Lipinski definition) is 10. The van der Waals surface area contributed by atoms with Crippen molar-refractivity contribution >= 4 is 39.1 Å². The van der Waals surface area contributed by atoms with Crippen molar-refractivity contribution in [3.63, 3.8) is 0 Å². The Labute approximate surface area is 182 Å². The monoisotopic (exact) mass is 445 g/mol. The Bertz CT molecular complexity index is 1100. The zero-order valence-electron chi connectivity index (χ0n) is 17.5. The average Bonchev–Trinajstić information content (AvgIpc) is 3.49. The van der Waals surface area contributed by atoms with Gasteiger partial charge in [0.15, 0.2) is 0 Å². The molecule has 10 nitrogen and oxygen atoms in total. The van der Waals surface area contributed by atoms with E-state index in [1.54, 1.807) is 0 Å². The van der Waals surface area contributed by atoms with Gasteiger partial charge in [-0.25, -0.2) is 14.4 Å². The maximum atomic E-state index is 12.6. The number of methoxy groups -OCH3 is 1. The summed E-state index contributed by atoms with van der Waals surface area (Å²) in [6.45, 7) is 3.53. The van der Waals surface area contributed by atoms with Crippen molar-refractivity contribution in [3.8, 4) is 0 Å². The molecule has 1 N–H and O–H groups in total. The van der Waals surface area contributed by atoms with Crippen molar-refractivity contribution in [2.75, 3.05) is 26.1 Å². The van der Waals surface area contributed by atoms with Gasteiger partial charge in [-0.05, 0) is 38.9 Å². The first-order valence-electron chi connectivity index (χ1n) is 9.86. The van der Waals surface area contributed by atoms with E-state index < -0.39 is 12.1 Å². The van der Waals surface area contributed by atoms with E-state index in [9.17, 15) is 9.59 Å². The van der Waals surface area contributed by atoms with Gasteiger partial charge >= 0.3 is 5.97 Å². The second-order valence-corrected chi connectivity index (χ2v) is 8.41. The zero-order valence-corrected chi connectivity index (χ0v) is 18.3. The number of hydrogen-bond donors (Lipinski definition) is 1. The molecule has 1 aliphatic heterocycles. The van der Waals surface area contributed by atoms with E-state index in [0.29, 0.717) is 46.9 Å². The fourth-order valence-electron chi connectivity index (χ4n) is 3.43. The number of ether oxygens (including phenoxy) is 2. The van der Waals surface area contributed by atoms with Gasteiger partial charge in [0, 0.05) is 25.1 Å². The van der Waals surface area contributed by atoms with Crippen LogP contribution in [0.25, 0.3) is 10.2 Å². The Morgan fingerprint density at radius 2 is 2.16 bits per heavy atom. The zero-order chi connectivity index (χ0) is 22.0. The molecule has 1 atom stereocenters. The standard InChI is InChI=1S/C20H23N5O5S/c1-11-14(24-30-23-11)10-25(2)9-12-6-7-13-16(22-18(26)15-5-4-8-29-15)17(20(27)28-3)31-19(13)21-12/h6-7,15H,4-5,8-10H2,1-3H3,(H,22,26). The van der Waals surface area contributed by atoms with Gasteiger partial charge in [-0.1, -0.05) is 10.3 Å². The predicted octanol–water partition coefficient (Wildman–Crippen LogP) is 2.52. The first-order chi connectivity index (χ1) is 15.0. The summed E-state index contributed by atoms with van der Waals surface area (Å²) in [5.41, 5.74) is 2.76. The molecular weight excluding hydrogens is 422 g/mol. The Balaban J connectivity index is 1.58. The normalized spacial score (nSPS) is 16.2. The van der Waals surface area contributed by atoms with Crippen molar-refractivity contribution in [3.05, 3.63) is 34.1 Å². The molecule has 4 rings (SSSR count). The third-order valence-corrected chi connectivity index (χ3v) is 6.13. The molecule has 3 aromatic rings. The fraction of sp³-hybridized carbons (Fsp3) is 0.450. The summed E-state index contributed by atoms with van der Waals surface area (Å²) >= 11 is 1.19. The first-order valence-corrected chi connectivity index (χ1v) is 10.7. The summed E-state index contributed by atoms with van der Waals surface area (Å²) < 4.78 is 15.1. The van der Waals surface area contributed by atoms with Gasteiger partial charge in [0.1, 0.15) is 27.2 Å². The molecule has 0 aliphatic carbocycles. The highest BCUT2D eigenvalue weighted by Gasteiger charge is 2.27. The van der Waals surface area contributed by atoms with Crippen LogP contribution in [-0.4, -0.2) is 58.9 Å². The lowest BCUT2D eigenvalue weighted by atomic mass is 10.2. The lowest BCUT2D eigenvalue weighted by Crippen LogP contribution is -2.27. The molecule has 4 heterocycles. The van der Waals surface area contributed by atoms with Crippen molar-refractivity contribution in [2.45, 2.75) is 39.0 Å². The van der Waals surface area contributed by atoms with Crippen LogP contribution in [0.1, 0.15) is 39.6 Å². The van der Waals surface area contributed by atoms with Crippen molar-refractivity contribution < 1.29 is 23.7 Å². The topological polar surface area (TPSA) is 120 Å². The number of aryl methyl sites for hydroxylation is 1. The Morgan fingerprint density at radius 3 is 2.84 bits per heavy atom. The number of fused-ring (bicyclic) bond motifs is 1. The minimum atomic E-state index is -0.515. The molecule has 1 saturated heterocycles. The third kappa shape index (κ3) is 4.58. The van der Waals surface area contributed by atoms with Crippen LogP contribution in [-0.2, 0) is 27.4 Å². The molecule has 0 radical (unpaired) electrons. The van der Waals surface area contributed by atoms with E-state index in [0.717, 1.165) is 23.5 Å². The van der Waals surface area contributed by atoms with Gasteiger partial charge in [0.2, 0.25) is 0 Å². The van der Waals surface area contributed by atoms with Crippen LogP contribution in [0, 0.1) is 6.92 Å². The summed E-state index contributed by atoms with van der Waals surface area (Å²) in [7, 11) is 3.26. The Kier molecular flexibility index (Phi) is 6.25. The van der Waals surface area contributed by atoms with Gasteiger partial charge < -0.3 is 14.8 Å². The Hall–Kier alpha value is -2.89. The second-order valence-electron chi connectivity index (χ2n) is 7.41. The molecular formula is C20H23N5O5S. The molecule has 3 aromatic heterocycles. The minimum Gasteiger partial charge on any atom is -0.465 e. The minimum absolute atomic E-state index is 0.261. The van der Waals surface area contributed by atoms with Gasteiger partial charge in [-0.3, -0.25) is 9.69 Å². The van der Waals surface area contributed by atoms with Crippen LogP contribution in [0.2, 0.25) is 0 Å². The van der Waals surface area contributed by atoms with E-state index in [1.807, 2.05) is 31.0 Å². The van der Waals surface area contributed by atoms with Gasteiger partial charge in [-0.15, -0.1) is 11.3 Å². The van der Waals surface area contributed by atoms with Crippen LogP contribution >= 0.6 is 11.3 Å². The van der Waals surface area contributed by atoms with E-state index in [1.165, 1.54) is 18.4 Å². The fourth-order valence-corrected chi connectivity index (χ4v) is 4.50. The summed E-state index contributed by atoms with van der Waals surface area (Å²) in [5.74, 6) is -0.777. The molecule has 1 fully saturated rings. The molecule has 0 spiro atoms. The number of anilines is 1. The number of carbonyl (C=O) groups is 2. The number of pyridine rings is 1. The summed E-state index contributed by atoms with van der Waals surface area (Å²) in [6.07, 6.45) is 1.00. The van der Waals surface area contributed by atoms with Crippen LogP contribution in [0.3, 0.4) is 0 Å². The van der Waals surface area contributed by atoms with E-state index in [-0.39, 0.29) is 5.91 Å². The molecule has 1 amide bonds. The second kappa shape index (κ2) is 9.08. The van der Waals surface area contributed by atoms with Crippen LogP contribution in [0.5, 0.6) is 0 Å². The number of rotatable bonds is 7. The smallest absolute Gasteiger partial charge is 0.350 e. The van der Waals surface area contributed by atoms with Gasteiger partial charge in [0.25, 0.3) is 5.91 Å². The molecule has 31 heavy (non-hydrogen) atoms. The largest absolute Gasteiger partial charge is 0.465 e. The molecule has 0 saturated carbocycles. The molecule has 1 unspecified atom stereocenters. The number of nitrogens with zero attached hydrogens (tertiary/aromatic N) is 4. The molecule has 1 aliphatic rings. The third-order valence-electron chi connectivity index (χ3n) is 5.05. The molecule has 164 valence electrons. The van der Waals surface area contributed by atoms with Crippen LogP contribution < -0.4 is 5.32 Å². The summed E-state index contributed by atoms with van der Waals surface area (Å²) in [5, 5.41) is 11.2. The highest BCUT2D eigenvalue weighted by Crippen LogP contribution is 2.36. The molecule has 0 bridgehead atoms. The number of nitrogens with one attached hydrogen (secondary N) is 1. The van der Waals surface area contributed by atoms with E-state index >= 15 is 0 Å². The number of esters is 1. The number of aromatic nitrogens is 3. The maximum absolute atomic E-state index is 12.6. The predicted molar refractivity (Wildman–Crippen MR) is 113 cm³/mol. The van der Waals surface area contributed by atoms with Crippen molar-refractivity contribution in [2.24, 2.45) is 0 Å². The first kappa shape index (κ1) is 21.3. The SMILES string of the molecule is COC(=O)c1sc2nc(CN(C)Cc3nonc3C)ccc2c1NC(=O)C1CCCO1. The molecule has 11 heteroatoms. The van der Waals surface area contributed by atoms with Crippen LogP contribution in [0.4, 0.5) is 5.69 Å². The summed E-state index contributed by atoms with van der Waals surface area (Å²) in [6, 6.07) is 3.74. The number of carbonyl (C=O) groups excluding carboxylic acids is 2. The number of thiophene rings is 1. The molecule has 0 aromatic carbocycles. The van der Waals surface area contributed by atoms with Crippen molar-refractivity contribution in [1.82, 2.24) is 20.2 Å². The van der Waals surface area contributed by atoms with E-state index in [2.05, 4.69) is 15.6 Å². The van der Waals surface area contributed by atoms with Crippen LogP contribution in [0.15, 0.2) is 16.8 Å². The van der Waals surface area contributed by atoms with E-state index in [4.69, 9.17) is 19.1 Å². The summed E-state index contributed by atoms with van der Waals surface area (Å²) in [4.78, 5) is 32.6. The van der Waals surface area contributed by atoms with Gasteiger partial charge in [0.05, 0.1) is 18.5 Å². The lowest BCUT2D eigenvalue weighted by Gasteiger charge is -2.14. The Morgan fingerprint density at radius 1 is 1.32 bits per heavy atom. The van der Waals surface area contributed by atoms with Gasteiger partial charge in [-0.2, -0.15) is 0 Å². The maximum Gasteiger partial charge on any atom is 0.350 e. The number of amides is 1. The lowest BCUT2D eigenvalue weighted by molar-refractivity contribution is -0.124. The van der Waals surface area contributed by atoms with Crippen molar-refractivity contribution in [1.29, 1.82) is 0 Å². The highest BCUT2D eigenvalue weighted by atomic mass is 32.1. The quantitative estimate of drug-likeness (QED) is 0.547.